The van der Waals surface area contributed by atoms with Crippen LogP contribution in [0.2, 0.25) is 0 Å². The molecule has 0 bridgehead atoms. The van der Waals surface area contributed by atoms with E-state index >= 15 is 0 Å². The predicted molar refractivity (Wildman–Crippen MR) is 52.9 cm³/mol. The van der Waals surface area contributed by atoms with Crippen molar-refractivity contribution in [3.05, 3.63) is 29.0 Å². The van der Waals surface area contributed by atoms with Crippen LogP contribution >= 0.6 is 11.3 Å². The van der Waals surface area contributed by atoms with Crippen molar-refractivity contribution in [1.82, 2.24) is 15.0 Å². The molecule has 2 N–H and O–H groups in total. The van der Waals surface area contributed by atoms with Crippen molar-refractivity contribution in [3.63, 3.8) is 0 Å². The van der Waals surface area contributed by atoms with E-state index in [1.807, 2.05) is 5.51 Å². The molecule has 0 radical (unpaired) electrons. The fourth-order valence-electron chi connectivity index (χ4n) is 1.03. The molecule has 0 unspecified atom stereocenters. The van der Waals surface area contributed by atoms with E-state index in [-0.39, 0.29) is 0 Å². The number of H-pyrrole nitrogens is 1. The zero-order valence-corrected chi connectivity index (χ0v) is 7.84. The zero-order chi connectivity index (χ0) is 8.93. The number of nitrogens with one attached hydrogen (secondary N) is 2. The summed E-state index contributed by atoms with van der Waals surface area (Å²) in [5.74, 6) is 0.815. The molecule has 2 rings (SSSR count). The van der Waals surface area contributed by atoms with Crippen LogP contribution in [0.5, 0.6) is 0 Å². The lowest BCUT2D eigenvalue weighted by atomic mass is 10.3. The second-order valence-corrected chi connectivity index (χ2v) is 3.31. The number of imidazole rings is 1. The van der Waals surface area contributed by atoms with Gasteiger partial charge in [0.15, 0.2) is 5.95 Å². The fourth-order valence-corrected chi connectivity index (χ4v) is 1.62. The number of hydrogen-bond donors (Lipinski definition) is 2. The zero-order valence-electron chi connectivity index (χ0n) is 7.03. The van der Waals surface area contributed by atoms with Crippen LogP contribution in [0.15, 0.2) is 23.3 Å². The van der Waals surface area contributed by atoms with Crippen molar-refractivity contribution in [2.24, 2.45) is 0 Å². The summed E-state index contributed by atoms with van der Waals surface area (Å²) >= 11 is 1.63. The number of anilines is 1. The highest BCUT2D eigenvalue weighted by Gasteiger charge is 1.95. The lowest BCUT2D eigenvalue weighted by molar-refractivity contribution is 0.962. The minimum Gasteiger partial charge on any atom is -0.355 e. The molecule has 0 fully saturated rings. The van der Waals surface area contributed by atoms with Crippen LogP contribution in [0.4, 0.5) is 5.95 Å². The van der Waals surface area contributed by atoms with E-state index in [1.165, 1.54) is 0 Å². The lowest BCUT2D eigenvalue weighted by Crippen LogP contribution is -2.05. The molecule has 0 spiro atoms. The number of aromatic amines is 1. The first kappa shape index (κ1) is 8.25. The van der Waals surface area contributed by atoms with E-state index in [0.717, 1.165) is 24.6 Å². The first-order valence-corrected chi connectivity index (χ1v) is 5.00. The maximum absolute atomic E-state index is 4.18. The molecular formula is C8H10N4S. The first-order chi connectivity index (χ1) is 6.45. The lowest BCUT2D eigenvalue weighted by Gasteiger charge is -1.99. The Bertz CT molecular complexity index is 293. The van der Waals surface area contributed by atoms with Gasteiger partial charge in [-0.15, -0.1) is 11.3 Å². The van der Waals surface area contributed by atoms with Crippen LogP contribution in [0.25, 0.3) is 0 Å². The highest BCUT2D eigenvalue weighted by molar-refractivity contribution is 7.07. The molecule has 0 aliphatic carbocycles. The molecule has 0 aromatic carbocycles. The van der Waals surface area contributed by atoms with Gasteiger partial charge in [-0.25, -0.2) is 9.97 Å². The third-order valence-electron chi connectivity index (χ3n) is 1.66. The van der Waals surface area contributed by atoms with E-state index in [1.54, 1.807) is 23.7 Å². The average Bonchev–Trinajstić information content (AvgIpc) is 2.75. The molecule has 13 heavy (non-hydrogen) atoms. The van der Waals surface area contributed by atoms with E-state index in [9.17, 15) is 0 Å². The van der Waals surface area contributed by atoms with Crippen LogP contribution in [0, 0.1) is 0 Å². The Hall–Kier alpha value is -1.36. The molecule has 0 atom stereocenters. The van der Waals surface area contributed by atoms with Crippen LogP contribution in [-0.4, -0.2) is 21.5 Å². The van der Waals surface area contributed by atoms with E-state index in [0.29, 0.717) is 0 Å². The van der Waals surface area contributed by atoms with Gasteiger partial charge in [-0.2, -0.15) is 0 Å². The molecule has 5 heteroatoms. The fraction of sp³-hybridized carbons (Fsp3) is 0.250. The average molecular weight is 194 g/mol. The minimum absolute atomic E-state index is 0.815. The molecular weight excluding hydrogens is 184 g/mol. The van der Waals surface area contributed by atoms with Crippen molar-refractivity contribution in [2.75, 3.05) is 11.9 Å². The van der Waals surface area contributed by atoms with Crippen LogP contribution in [0.3, 0.4) is 0 Å². The molecule has 68 valence electrons. The molecule has 0 saturated carbocycles. The Morgan fingerprint density at radius 2 is 2.46 bits per heavy atom. The largest absolute Gasteiger partial charge is 0.355 e. The van der Waals surface area contributed by atoms with E-state index < -0.39 is 0 Å². The quantitative estimate of drug-likeness (QED) is 0.776. The van der Waals surface area contributed by atoms with Crippen molar-refractivity contribution >= 4 is 17.3 Å². The number of aromatic nitrogens is 3. The number of rotatable bonds is 4. The Balaban J connectivity index is 1.76. The molecule has 0 amide bonds. The Morgan fingerprint density at radius 1 is 1.46 bits per heavy atom. The normalized spacial score (nSPS) is 10.2. The smallest absolute Gasteiger partial charge is 0.200 e. The summed E-state index contributed by atoms with van der Waals surface area (Å²) in [5, 5.41) is 5.22. The van der Waals surface area contributed by atoms with Crippen LogP contribution in [-0.2, 0) is 6.42 Å². The molecule has 4 nitrogen and oxygen atoms in total. The van der Waals surface area contributed by atoms with Crippen molar-refractivity contribution in [1.29, 1.82) is 0 Å². The van der Waals surface area contributed by atoms with Gasteiger partial charge in [-0.3, -0.25) is 0 Å². The second-order valence-electron chi connectivity index (χ2n) is 2.59. The SMILES string of the molecule is c1c[nH]c(NCCc2cscn2)n1. The first-order valence-electron chi connectivity index (χ1n) is 4.05. The summed E-state index contributed by atoms with van der Waals surface area (Å²) in [6.45, 7) is 0.858. The monoisotopic (exact) mass is 194 g/mol. The molecule has 2 heterocycles. The van der Waals surface area contributed by atoms with Gasteiger partial charge in [0.25, 0.3) is 0 Å². The van der Waals surface area contributed by atoms with E-state index in [4.69, 9.17) is 0 Å². The van der Waals surface area contributed by atoms with Gasteiger partial charge < -0.3 is 10.3 Å². The number of nitrogens with zero attached hydrogens (tertiary/aromatic N) is 2. The number of hydrogen-bond acceptors (Lipinski definition) is 4. The molecule has 2 aromatic heterocycles. The standard InChI is InChI=1S/C8H10N4S/c1(7-5-13-6-12-7)2-9-8-10-3-4-11-8/h3-6H,1-2H2,(H2,9,10,11). The summed E-state index contributed by atoms with van der Waals surface area (Å²) in [6, 6.07) is 0. The maximum Gasteiger partial charge on any atom is 0.200 e. The van der Waals surface area contributed by atoms with Crippen molar-refractivity contribution < 1.29 is 0 Å². The Labute approximate surface area is 80.1 Å². The van der Waals surface area contributed by atoms with Gasteiger partial charge in [0.05, 0.1) is 11.2 Å². The summed E-state index contributed by atoms with van der Waals surface area (Å²) < 4.78 is 0. The summed E-state index contributed by atoms with van der Waals surface area (Å²) in [7, 11) is 0. The molecule has 0 saturated heterocycles. The van der Waals surface area contributed by atoms with Gasteiger partial charge in [0.1, 0.15) is 0 Å². The summed E-state index contributed by atoms with van der Waals surface area (Å²) in [5.41, 5.74) is 2.98. The highest BCUT2D eigenvalue weighted by atomic mass is 32.1. The maximum atomic E-state index is 4.18. The van der Waals surface area contributed by atoms with Crippen molar-refractivity contribution in [2.45, 2.75) is 6.42 Å². The third-order valence-corrected chi connectivity index (χ3v) is 2.29. The highest BCUT2D eigenvalue weighted by Crippen LogP contribution is 2.02. The predicted octanol–water partition coefficient (Wildman–Crippen LogP) is 1.52. The molecule has 0 aliphatic rings. The number of thiazole rings is 1. The van der Waals surface area contributed by atoms with Gasteiger partial charge in [-0.05, 0) is 0 Å². The van der Waals surface area contributed by atoms with Gasteiger partial charge in [0.2, 0.25) is 0 Å². The van der Waals surface area contributed by atoms with Gasteiger partial charge in [-0.1, -0.05) is 0 Å². The minimum atomic E-state index is 0.815. The van der Waals surface area contributed by atoms with Gasteiger partial charge >= 0.3 is 0 Å². The topological polar surface area (TPSA) is 53.6 Å². The van der Waals surface area contributed by atoms with Gasteiger partial charge in [0, 0.05) is 30.7 Å². The molecule has 2 aromatic rings. The van der Waals surface area contributed by atoms with Crippen LogP contribution < -0.4 is 5.32 Å². The van der Waals surface area contributed by atoms with Crippen molar-refractivity contribution in [3.8, 4) is 0 Å². The third kappa shape index (κ3) is 2.29. The second kappa shape index (κ2) is 4.04. The Kier molecular flexibility index (Phi) is 2.56. The Morgan fingerprint density at radius 3 is 3.15 bits per heavy atom. The summed E-state index contributed by atoms with van der Waals surface area (Å²) in [6.07, 6.45) is 4.46. The van der Waals surface area contributed by atoms with E-state index in [2.05, 4.69) is 25.6 Å². The van der Waals surface area contributed by atoms with Crippen LogP contribution in [0.1, 0.15) is 5.69 Å². The summed E-state index contributed by atoms with van der Waals surface area (Å²) in [4.78, 5) is 11.2. The molecule has 0 aliphatic heterocycles.